The monoisotopic (exact) mass is 305 g/mol. The van der Waals surface area contributed by atoms with Gasteiger partial charge in [-0.2, -0.15) is 5.26 Å². The molecular formula is C14H15N3O3S. The molecule has 1 aromatic rings. The lowest BCUT2D eigenvalue weighted by Crippen LogP contribution is -2.25. The van der Waals surface area contributed by atoms with Gasteiger partial charge in [-0.25, -0.2) is 9.78 Å². The zero-order valence-corrected chi connectivity index (χ0v) is 13.0. The van der Waals surface area contributed by atoms with Crippen molar-refractivity contribution in [1.29, 1.82) is 5.26 Å². The first-order valence-electron chi connectivity index (χ1n) is 6.21. The summed E-state index contributed by atoms with van der Waals surface area (Å²) in [7, 11) is 1.28. The van der Waals surface area contributed by atoms with Crippen molar-refractivity contribution in [2.24, 2.45) is 5.73 Å². The molecule has 0 saturated carbocycles. The molecule has 0 amide bonds. The van der Waals surface area contributed by atoms with Crippen molar-refractivity contribution in [2.45, 2.75) is 26.7 Å². The molecule has 0 radical (unpaired) electrons. The first-order chi connectivity index (χ1) is 9.90. The van der Waals surface area contributed by atoms with Gasteiger partial charge < -0.3 is 15.2 Å². The van der Waals surface area contributed by atoms with Gasteiger partial charge in [0, 0.05) is 4.88 Å². The van der Waals surface area contributed by atoms with E-state index in [-0.39, 0.29) is 17.0 Å². The van der Waals surface area contributed by atoms with Gasteiger partial charge in [0.05, 0.1) is 24.3 Å². The molecule has 0 aliphatic carbocycles. The Balaban J connectivity index is 2.66. The summed E-state index contributed by atoms with van der Waals surface area (Å²) in [6.45, 7) is 5.43. The zero-order chi connectivity index (χ0) is 15.7. The Kier molecular flexibility index (Phi) is 4.00. The summed E-state index contributed by atoms with van der Waals surface area (Å²) in [4.78, 5) is 17.5. The number of hydrogen-bond donors (Lipinski definition) is 1. The van der Waals surface area contributed by atoms with E-state index in [4.69, 9.17) is 15.2 Å². The van der Waals surface area contributed by atoms with E-state index in [1.807, 2.05) is 19.9 Å². The van der Waals surface area contributed by atoms with Gasteiger partial charge in [0.15, 0.2) is 0 Å². The summed E-state index contributed by atoms with van der Waals surface area (Å²) in [5.41, 5.74) is 7.08. The van der Waals surface area contributed by atoms with Gasteiger partial charge in [-0.15, -0.1) is 11.3 Å². The number of nitriles is 1. The molecule has 1 aromatic heterocycles. The van der Waals surface area contributed by atoms with Crippen molar-refractivity contribution < 1.29 is 14.3 Å². The third kappa shape index (κ3) is 2.50. The number of carbonyl (C=O) groups is 1. The molecular weight excluding hydrogens is 290 g/mol. The second-order valence-corrected chi connectivity index (χ2v) is 5.81. The number of nitrogens with zero attached hydrogens (tertiary/aromatic N) is 2. The summed E-state index contributed by atoms with van der Waals surface area (Å²) in [6.07, 6.45) is 0. The maximum absolute atomic E-state index is 12.1. The van der Waals surface area contributed by atoms with E-state index in [9.17, 15) is 10.1 Å². The number of aromatic nitrogens is 1. The highest BCUT2D eigenvalue weighted by atomic mass is 32.1. The van der Waals surface area contributed by atoms with Crippen LogP contribution in [0.5, 0.6) is 0 Å². The molecule has 0 spiro atoms. The van der Waals surface area contributed by atoms with Crippen molar-refractivity contribution in [3.05, 3.63) is 38.4 Å². The second kappa shape index (κ2) is 5.58. The molecule has 21 heavy (non-hydrogen) atoms. The lowest BCUT2D eigenvalue weighted by molar-refractivity contribution is -0.136. The van der Waals surface area contributed by atoms with Gasteiger partial charge in [0.25, 0.3) is 0 Å². The Hall–Kier alpha value is -2.33. The summed E-state index contributed by atoms with van der Waals surface area (Å²) >= 11 is 1.43. The number of thiazole rings is 1. The van der Waals surface area contributed by atoms with Crippen molar-refractivity contribution in [2.75, 3.05) is 7.11 Å². The molecule has 0 saturated heterocycles. The minimum atomic E-state index is -0.645. The molecule has 6 nitrogen and oxygen atoms in total. The highest BCUT2D eigenvalue weighted by molar-refractivity contribution is 7.11. The summed E-state index contributed by atoms with van der Waals surface area (Å²) in [6, 6.07) is 2.01. The number of carbonyl (C=O) groups excluding carboxylic acids is 1. The number of esters is 1. The Morgan fingerprint density at radius 1 is 1.48 bits per heavy atom. The van der Waals surface area contributed by atoms with Gasteiger partial charge in [-0.05, 0) is 20.8 Å². The van der Waals surface area contributed by atoms with Crippen LogP contribution in [0.2, 0.25) is 0 Å². The normalized spacial score (nSPS) is 18.3. The second-order valence-electron chi connectivity index (χ2n) is 4.58. The third-order valence-corrected chi connectivity index (χ3v) is 4.44. The summed E-state index contributed by atoms with van der Waals surface area (Å²) in [5, 5.41) is 9.99. The van der Waals surface area contributed by atoms with E-state index in [0.717, 1.165) is 10.6 Å². The molecule has 7 heteroatoms. The van der Waals surface area contributed by atoms with Crippen LogP contribution in [-0.2, 0) is 14.3 Å². The first-order valence-corrected chi connectivity index (χ1v) is 7.03. The quantitative estimate of drug-likeness (QED) is 0.839. The number of allylic oxidation sites excluding steroid dienone is 2. The Morgan fingerprint density at radius 2 is 2.14 bits per heavy atom. The molecule has 1 aliphatic rings. The van der Waals surface area contributed by atoms with Gasteiger partial charge in [0.1, 0.15) is 22.4 Å². The van der Waals surface area contributed by atoms with Crippen LogP contribution in [0.4, 0.5) is 0 Å². The van der Waals surface area contributed by atoms with Gasteiger partial charge in [0.2, 0.25) is 5.88 Å². The van der Waals surface area contributed by atoms with Gasteiger partial charge in [-0.1, -0.05) is 0 Å². The molecule has 0 aromatic carbocycles. The maximum atomic E-state index is 12.1. The highest BCUT2D eigenvalue weighted by Gasteiger charge is 2.38. The Morgan fingerprint density at radius 3 is 2.62 bits per heavy atom. The number of methoxy groups -OCH3 is 1. The fraction of sp³-hybridized carbons (Fsp3) is 0.357. The van der Waals surface area contributed by atoms with Crippen LogP contribution < -0.4 is 5.73 Å². The summed E-state index contributed by atoms with van der Waals surface area (Å²) in [5.74, 6) is -0.871. The Bertz CT molecular complexity index is 690. The molecule has 1 atom stereocenters. The van der Waals surface area contributed by atoms with Crippen molar-refractivity contribution in [3.63, 3.8) is 0 Å². The molecule has 0 fully saturated rings. The molecule has 2 N–H and O–H groups in total. The van der Waals surface area contributed by atoms with Crippen LogP contribution in [-0.4, -0.2) is 18.1 Å². The fourth-order valence-electron chi connectivity index (χ4n) is 2.12. The van der Waals surface area contributed by atoms with Crippen LogP contribution in [0, 0.1) is 25.2 Å². The molecule has 1 unspecified atom stereocenters. The van der Waals surface area contributed by atoms with E-state index >= 15 is 0 Å². The Labute approximate surface area is 126 Å². The third-order valence-electron chi connectivity index (χ3n) is 3.30. The van der Waals surface area contributed by atoms with Crippen LogP contribution in [0.25, 0.3) is 0 Å². The zero-order valence-electron chi connectivity index (χ0n) is 12.2. The van der Waals surface area contributed by atoms with Gasteiger partial charge >= 0.3 is 5.97 Å². The minimum Gasteiger partial charge on any atom is -0.466 e. The van der Waals surface area contributed by atoms with E-state index in [1.54, 1.807) is 6.92 Å². The van der Waals surface area contributed by atoms with Crippen molar-refractivity contribution in [3.8, 4) is 6.07 Å². The SMILES string of the molecule is COC(=O)C1=C(C)OC(N)=C(C#N)C1c1nc(C)c(C)s1. The molecule has 0 bridgehead atoms. The van der Waals surface area contributed by atoms with Crippen molar-refractivity contribution in [1.82, 2.24) is 4.98 Å². The number of rotatable bonds is 2. The molecule has 2 rings (SSSR count). The predicted octanol–water partition coefficient (Wildman–Crippen LogP) is 2.01. The van der Waals surface area contributed by atoms with Crippen LogP contribution in [0.15, 0.2) is 22.8 Å². The lowest BCUT2D eigenvalue weighted by Gasteiger charge is -2.24. The van der Waals surface area contributed by atoms with Crippen LogP contribution in [0.1, 0.15) is 28.4 Å². The van der Waals surface area contributed by atoms with Crippen molar-refractivity contribution >= 4 is 17.3 Å². The first kappa shape index (κ1) is 15.1. The van der Waals surface area contributed by atoms with E-state index in [0.29, 0.717) is 10.8 Å². The molecule has 2 heterocycles. The molecule has 1 aliphatic heterocycles. The van der Waals surface area contributed by atoms with E-state index in [2.05, 4.69) is 4.98 Å². The largest absolute Gasteiger partial charge is 0.466 e. The average Bonchev–Trinajstić information content (AvgIpc) is 2.77. The maximum Gasteiger partial charge on any atom is 0.338 e. The van der Waals surface area contributed by atoms with Crippen LogP contribution >= 0.6 is 11.3 Å². The number of ether oxygens (including phenoxy) is 2. The van der Waals surface area contributed by atoms with Gasteiger partial charge in [-0.3, -0.25) is 0 Å². The summed E-state index contributed by atoms with van der Waals surface area (Å²) < 4.78 is 10.1. The highest BCUT2D eigenvalue weighted by Crippen LogP contribution is 2.41. The average molecular weight is 305 g/mol. The minimum absolute atomic E-state index is 0.00170. The van der Waals surface area contributed by atoms with E-state index in [1.165, 1.54) is 18.4 Å². The predicted molar refractivity (Wildman–Crippen MR) is 77.0 cm³/mol. The topological polar surface area (TPSA) is 98.2 Å². The number of aryl methyl sites for hydroxylation is 2. The van der Waals surface area contributed by atoms with Crippen LogP contribution in [0.3, 0.4) is 0 Å². The molecule has 110 valence electrons. The standard InChI is InChI=1S/C14H15N3O3S/c1-6-8(3)21-13(17-6)11-9(5-15)12(16)20-7(2)10(11)14(18)19-4/h11H,16H2,1-4H3. The lowest BCUT2D eigenvalue weighted by atomic mass is 9.89. The number of nitrogens with two attached hydrogens (primary N) is 1. The smallest absolute Gasteiger partial charge is 0.338 e. The fourth-order valence-corrected chi connectivity index (χ4v) is 3.17. The number of hydrogen-bond acceptors (Lipinski definition) is 7. The van der Waals surface area contributed by atoms with E-state index < -0.39 is 11.9 Å².